The molecule has 1 fully saturated rings. The molecule has 3 heterocycles. The molecule has 0 aliphatic carbocycles. The third kappa shape index (κ3) is 3.70. The zero-order valence-electron chi connectivity index (χ0n) is 14.1. The molecule has 3 aromatic rings. The molecule has 2 aromatic heterocycles. The number of aromatic nitrogens is 2. The van der Waals surface area contributed by atoms with E-state index in [1.54, 1.807) is 22.2 Å². The van der Waals surface area contributed by atoms with Crippen LogP contribution in [-0.2, 0) is 9.57 Å². The molecule has 1 unspecified atom stereocenters. The van der Waals surface area contributed by atoms with Crippen LogP contribution in [-0.4, -0.2) is 28.6 Å². The molecule has 1 atom stereocenters. The Balaban J connectivity index is 1.59. The number of nitrogens with one attached hydrogen (secondary N) is 1. The molecular weight excluding hydrogens is 350 g/mol. The average Bonchev–Trinajstić information content (AvgIpc) is 3.37. The van der Waals surface area contributed by atoms with E-state index in [1.807, 2.05) is 47.8 Å². The van der Waals surface area contributed by atoms with Crippen molar-refractivity contribution in [2.24, 2.45) is 0 Å². The van der Waals surface area contributed by atoms with E-state index < -0.39 is 0 Å². The maximum absolute atomic E-state index is 12.7. The predicted molar refractivity (Wildman–Crippen MR) is 99.0 cm³/mol. The summed E-state index contributed by atoms with van der Waals surface area (Å²) in [4.78, 5) is 19.1. The summed E-state index contributed by atoms with van der Waals surface area (Å²) in [5.74, 6) is -0.329. The van der Waals surface area contributed by atoms with Gasteiger partial charge in [0.2, 0.25) is 0 Å². The summed E-state index contributed by atoms with van der Waals surface area (Å²) in [6, 6.07) is 13.6. The van der Waals surface area contributed by atoms with Gasteiger partial charge < -0.3 is 4.74 Å². The first-order chi connectivity index (χ1) is 12.8. The van der Waals surface area contributed by atoms with Gasteiger partial charge in [0.05, 0.1) is 16.1 Å². The highest BCUT2D eigenvalue weighted by Crippen LogP contribution is 2.28. The monoisotopic (exact) mass is 369 g/mol. The van der Waals surface area contributed by atoms with E-state index in [1.165, 1.54) is 0 Å². The quantitative estimate of drug-likeness (QED) is 0.695. The fourth-order valence-corrected chi connectivity index (χ4v) is 3.55. The number of amides is 1. The van der Waals surface area contributed by atoms with Crippen molar-refractivity contribution in [3.63, 3.8) is 0 Å². The Morgan fingerprint density at radius 1 is 1.23 bits per heavy atom. The Kier molecular flexibility index (Phi) is 5.10. The van der Waals surface area contributed by atoms with Gasteiger partial charge in [0.15, 0.2) is 6.29 Å². The van der Waals surface area contributed by atoms with Crippen LogP contribution in [0.4, 0.5) is 0 Å². The van der Waals surface area contributed by atoms with Gasteiger partial charge in [0, 0.05) is 19.2 Å². The molecule has 1 N–H and O–H groups in total. The van der Waals surface area contributed by atoms with Crippen LogP contribution in [0.2, 0.25) is 0 Å². The average molecular weight is 369 g/mol. The summed E-state index contributed by atoms with van der Waals surface area (Å²) >= 11 is 1.54. The number of para-hydroxylation sites is 1. The lowest BCUT2D eigenvalue weighted by molar-refractivity contribution is -0.186. The Morgan fingerprint density at radius 2 is 2.12 bits per heavy atom. The van der Waals surface area contributed by atoms with E-state index >= 15 is 0 Å². The highest BCUT2D eigenvalue weighted by Gasteiger charge is 2.21. The van der Waals surface area contributed by atoms with Gasteiger partial charge in [0.1, 0.15) is 5.69 Å². The second-order valence-electron chi connectivity index (χ2n) is 5.99. The minimum absolute atomic E-state index is 0.329. The third-order valence-electron chi connectivity index (χ3n) is 4.16. The summed E-state index contributed by atoms with van der Waals surface area (Å²) in [5, 5.41) is 6.58. The number of hydrogen-bond donors (Lipinski definition) is 1. The van der Waals surface area contributed by atoms with Crippen LogP contribution >= 0.6 is 11.3 Å². The van der Waals surface area contributed by atoms with Crippen molar-refractivity contribution in [2.45, 2.75) is 25.6 Å². The summed E-state index contributed by atoms with van der Waals surface area (Å²) < 4.78 is 7.19. The van der Waals surface area contributed by atoms with Crippen molar-refractivity contribution in [3.8, 4) is 16.3 Å². The minimum atomic E-state index is -0.387. The molecule has 7 heteroatoms. The molecule has 0 spiro atoms. The number of benzene rings is 1. The summed E-state index contributed by atoms with van der Waals surface area (Å²) in [6.07, 6.45) is 4.18. The van der Waals surface area contributed by atoms with Gasteiger partial charge in [0.25, 0.3) is 5.91 Å². The molecule has 1 aliphatic rings. The maximum atomic E-state index is 12.7. The van der Waals surface area contributed by atoms with Crippen molar-refractivity contribution in [1.82, 2.24) is 15.3 Å². The van der Waals surface area contributed by atoms with Crippen LogP contribution in [0.3, 0.4) is 0 Å². The first kappa shape index (κ1) is 17.0. The third-order valence-corrected chi connectivity index (χ3v) is 5.03. The number of ether oxygens (including phenoxy) is 1. The maximum Gasteiger partial charge on any atom is 0.278 e. The van der Waals surface area contributed by atoms with E-state index in [4.69, 9.17) is 9.57 Å². The van der Waals surface area contributed by atoms with E-state index in [9.17, 15) is 4.79 Å². The van der Waals surface area contributed by atoms with Gasteiger partial charge in [-0.25, -0.2) is 15.0 Å². The van der Waals surface area contributed by atoms with Crippen molar-refractivity contribution < 1.29 is 14.4 Å². The fraction of sp³-hybridized carbons (Fsp3) is 0.263. The first-order valence-corrected chi connectivity index (χ1v) is 9.46. The van der Waals surface area contributed by atoms with Crippen molar-refractivity contribution in [2.75, 3.05) is 6.61 Å². The normalized spacial score (nSPS) is 17.2. The van der Waals surface area contributed by atoms with E-state index in [2.05, 4.69) is 10.6 Å². The van der Waals surface area contributed by atoms with Crippen LogP contribution in [0.1, 0.15) is 29.6 Å². The molecule has 0 bridgehead atoms. The molecule has 0 saturated carbocycles. The van der Waals surface area contributed by atoms with Gasteiger partial charge in [-0.2, -0.15) is 5.10 Å². The van der Waals surface area contributed by atoms with E-state index in [-0.39, 0.29) is 12.2 Å². The highest BCUT2D eigenvalue weighted by molar-refractivity contribution is 7.13. The lowest BCUT2D eigenvalue weighted by atomic mass is 10.2. The topological polar surface area (TPSA) is 65.4 Å². The fourth-order valence-electron chi connectivity index (χ4n) is 2.83. The SMILES string of the molecule is O=C(NOC1CCCCO1)c1cn(-c2ccccc2)nc1-c1cccs1. The number of carbonyl (C=O) groups is 1. The van der Waals surface area contributed by atoms with Gasteiger partial charge in [-0.1, -0.05) is 24.3 Å². The molecule has 134 valence electrons. The smallest absolute Gasteiger partial charge is 0.278 e. The van der Waals surface area contributed by atoms with Crippen molar-refractivity contribution in [3.05, 3.63) is 59.6 Å². The lowest BCUT2D eigenvalue weighted by Gasteiger charge is -2.21. The second-order valence-corrected chi connectivity index (χ2v) is 6.94. The molecule has 4 rings (SSSR count). The number of hydroxylamine groups is 1. The minimum Gasteiger partial charge on any atom is -0.350 e. The lowest BCUT2D eigenvalue weighted by Crippen LogP contribution is -2.33. The molecule has 1 saturated heterocycles. The van der Waals surface area contributed by atoms with Crippen LogP contribution in [0.25, 0.3) is 16.3 Å². The Hall–Kier alpha value is -2.48. The number of nitrogens with zero attached hydrogens (tertiary/aromatic N) is 2. The molecule has 1 amide bonds. The van der Waals surface area contributed by atoms with E-state index in [0.717, 1.165) is 29.8 Å². The largest absolute Gasteiger partial charge is 0.350 e. The summed E-state index contributed by atoms with van der Waals surface area (Å²) in [7, 11) is 0. The second kappa shape index (κ2) is 7.82. The number of hydrogen-bond acceptors (Lipinski definition) is 5. The van der Waals surface area contributed by atoms with Gasteiger partial charge in [-0.05, 0) is 36.4 Å². The first-order valence-electron chi connectivity index (χ1n) is 8.58. The number of thiophene rings is 1. The molecule has 6 nitrogen and oxygen atoms in total. The molecule has 1 aromatic carbocycles. The molecule has 0 radical (unpaired) electrons. The molecule has 1 aliphatic heterocycles. The Bertz CT molecular complexity index is 856. The zero-order chi connectivity index (χ0) is 17.8. The van der Waals surface area contributed by atoms with Crippen LogP contribution in [0.5, 0.6) is 0 Å². The van der Waals surface area contributed by atoms with Crippen molar-refractivity contribution in [1.29, 1.82) is 0 Å². The molecular formula is C19H19N3O3S. The summed E-state index contributed by atoms with van der Waals surface area (Å²) in [5.41, 5.74) is 4.51. The predicted octanol–water partition coefficient (Wildman–Crippen LogP) is 3.79. The molecule has 26 heavy (non-hydrogen) atoms. The van der Waals surface area contributed by atoms with Crippen LogP contribution in [0.15, 0.2) is 54.0 Å². The van der Waals surface area contributed by atoms with E-state index in [0.29, 0.717) is 17.9 Å². The highest BCUT2D eigenvalue weighted by atomic mass is 32.1. The standard InChI is InChI=1S/C19H19N3O3S/c23-19(21-25-17-10-4-5-11-24-17)15-13-22(14-7-2-1-3-8-14)20-18(15)16-9-6-12-26-16/h1-3,6-9,12-13,17H,4-5,10-11H2,(H,21,23). The van der Waals surface area contributed by atoms with Gasteiger partial charge in [-0.3, -0.25) is 4.79 Å². The van der Waals surface area contributed by atoms with Crippen molar-refractivity contribution >= 4 is 17.2 Å². The number of rotatable bonds is 5. The zero-order valence-corrected chi connectivity index (χ0v) is 14.9. The summed E-state index contributed by atoms with van der Waals surface area (Å²) in [6.45, 7) is 0.660. The van der Waals surface area contributed by atoms with Gasteiger partial charge >= 0.3 is 0 Å². The Labute approximate surface area is 155 Å². The van der Waals surface area contributed by atoms with Crippen LogP contribution in [0, 0.1) is 0 Å². The van der Waals surface area contributed by atoms with Gasteiger partial charge in [-0.15, -0.1) is 11.3 Å². The van der Waals surface area contributed by atoms with Crippen LogP contribution < -0.4 is 5.48 Å². The number of carbonyl (C=O) groups excluding carboxylic acids is 1. The Morgan fingerprint density at radius 3 is 2.85 bits per heavy atom.